The first-order valence-corrected chi connectivity index (χ1v) is 12.4. The lowest BCUT2D eigenvalue weighted by molar-refractivity contribution is -0.133. The van der Waals surface area contributed by atoms with Crippen LogP contribution in [-0.2, 0) is 36.1 Å². The van der Waals surface area contributed by atoms with Crippen molar-refractivity contribution in [2.45, 2.75) is 39.8 Å². The van der Waals surface area contributed by atoms with E-state index in [1.54, 1.807) is 4.90 Å². The van der Waals surface area contributed by atoms with Crippen LogP contribution >= 0.6 is 0 Å². The lowest BCUT2D eigenvalue weighted by Crippen LogP contribution is -2.43. The highest BCUT2D eigenvalue weighted by molar-refractivity contribution is 5.96. The van der Waals surface area contributed by atoms with Crippen LogP contribution in [0.3, 0.4) is 0 Å². The molecule has 1 heterocycles. The summed E-state index contributed by atoms with van der Waals surface area (Å²) >= 11 is 0. The van der Waals surface area contributed by atoms with Gasteiger partial charge in [0.1, 0.15) is 6.54 Å². The van der Waals surface area contributed by atoms with Crippen LogP contribution in [0.2, 0.25) is 0 Å². The molecule has 0 saturated carbocycles. The van der Waals surface area contributed by atoms with E-state index in [1.807, 2.05) is 96.4 Å². The zero-order valence-electron chi connectivity index (χ0n) is 21.2. The van der Waals surface area contributed by atoms with Crippen LogP contribution in [0.25, 0.3) is 0 Å². The van der Waals surface area contributed by atoms with Crippen molar-refractivity contribution in [1.82, 2.24) is 14.4 Å². The summed E-state index contributed by atoms with van der Waals surface area (Å²) < 4.78 is 7.50. The fraction of sp³-hybridized carbons (Fsp3) is 0.379. The molecule has 0 saturated heterocycles. The summed E-state index contributed by atoms with van der Waals surface area (Å²) in [5.41, 5.74) is 3.87. The molecule has 0 unspecified atom stereocenters. The first-order chi connectivity index (χ1) is 17.0. The monoisotopic (exact) mass is 475 g/mol. The average molecular weight is 476 g/mol. The fourth-order valence-corrected chi connectivity index (χ4v) is 3.98. The maximum atomic E-state index is 13.6. The topological polar surface area (TPSA) is 54.8 Å². The molecule has 0 spiro atoms. The first-order valence-electron chi connectivity index (χ1n) is 12.4. The summed E-state index contributed by atoms with van der Waals surface area (Å²) in [7, 11) is 1.98. The maximum Gasteiger partial charge on any atom is 0.254 e. The third-order valence-electron chi connectivity index (χ3n) is 6.12. The predicted molar refractivity (Wildman–Crippen MR) is 139 cm³/mol. The second-order valence-electron chi connectivity index (χ2n) is 8.67. The molecule has 0 radical (unpaired) electrons. The minimum Gasteiger partial charge on any atom is -0.382 e. The van der Waals surface area contributed by atoms with Gasteiger partial charge in [-0.05, 0) is 55.2 Å². The molecule has 0 aliphatic heterocycles. The molecule has 186 valence electrons. The van der Waals surface area contributed by atoms with Crippen LogP contribution in [0.1, 0.15) is 47.4 Å². The molecule has 1 aromatic heterocycles. The van der Waals surface area contributed by atoms with Gasteiger partial charge in [0.15, 0.2) is 0 Å². The molecule has 0 fully saturated rings. The Kier molecular flexibility index (Phi) is 10.1. The molecular formula is C29H37N3O3. The highest BCUT2D eigenvalue weighted by Crippen LogP contribution is 2.14. The Morgan fingerprint density at radius 1 is 0.857 bits per heavy atom. The molecule has 0 aliphatic carbocycles. The van der Waals surface area contributed by atoms with Crippen molar-refractivity contribution in [3.8, 4) is 0 Å². The molecular weight excluding hydrogens is 438 g/mol. The highest BCUT2D eigenvalue weighted by atomic mass is 16.5. The van der Waals surface area contributed by atoms with Gasteiger partial charge in [-0.25, -0.2) is 0 Å². The Morgan fingerprint density at radius 3 is 2.23 bits per heavy atom. The van der Waals surface area contributed by atoms with Crippen LogP contribution in [0.4, 0.5) is 0 Å². The zero-order valence-corrected chi connectivity index (χ0v) is 21.2. The van der Waals surface area contributed by atoms with Gasteiger partial charge in [0, 0.05) is 50.8 Å². The first kappa shape index (κ1) is 26.2. The van der Waals surface area contributed by atoms with E-state index in [9.17, 15) is 9.59 Å². The Labute approximate surface area is 209 Å². The molecule has 2 aromatic carbocycles. The van der Waals surface area contributed by atoms with E-state index in [4.69, 9.17) is 4.74 Å². The molecule has 6 heteroatoms. The maximum absolute atomic E-state index is 13.6. The van der Waals surface area contributed by atoms with Crippen LogP contribution in [0, 0.1) is 0 Å². The second-order valence-corrected chi connectivity index (χ2v) is 8.67. The number of rotatable bonds is 13. The SMILES string of the molecule is CCOCCCN(CC(=O)N(Cc1ccccc1)Cc1cccn1C)C(=O)c1ccc(CC)cc1. The van der Waals surface area contributed by atoms with E-state index in [1.165, 1.54) is 5.56 Å². The molecule has 3 rings (SSSR count). The zero-order chi connectivity index (χ0) is 25.0. The third kappa shape index (κ3) is 7.82. The van der Waals surface area contributed by atoms with Crippen molar-refractivity contribution in [2.75, 3.05) is 26.3 Å². The number of carbonyl (C=O) groups excluding carboxylic acids is 2. The molecule has 3 aromatic rings. The van der Waals surface area contributed by atoms with E-state index in [0.29, 0.717) is 44.8 Å². The van der Waals surface area contributed by atoms with Gasteiger partial charge in [0.05, 0.1) is 6.54 Å². The van der Waals surface area contributed by atoms with Gasteiger partial charge in [-0.15, -0.1) is 0 Å². The van der Waals surface area contributed by atoms with Crippen LogP contribution < -0.4 is 0 Å². The van der Waals surface area contributed by atoms with Crippen molar-refractivity contribution in [3.05, 3.63) is 95.3 Å². The second kappa shape index (κ2) is 13.5. The number of ether oxygens (including phenoxy) is 1. The van der Waals surface area contributed by atoms with Gasteiger partial charge in [-0.2, -0.15) is 0 Å². The van der Waals surface area contributed by atoms with E-state index in [-0.39, 0.29) is 18.4 Å². The van der Waals surface area contributed by atoms with Crippen LogP contribution in [0.15, 0.2) is 72.9 Å². The minimum absolute atomic E-state index is 0.0255. The number of aryl methyl sites for hydroxylation is 2. The molecule has 0 N–H and O–H groups in total. The number of aromatic nitrogens is 1. The lowest BCUT2D eigenvalue weighted by Gasteiger charge is -2.28. The van der Waals surface area contributed by atoms with Crippen LogP contribution in [0.5, 0.6) is 0 Å². The number of benzene rings is 2. The Morgan fingerprint density at radius 2 is 1.60 bits per heavy atom. The molecule has 0 aliphatic rings. The van der Waals surface area contributed by atoms with E-state index >= 15 is 0 Å². The number of amides is 2. The molecule has 6 nitrogen and oxygen atoms in total. The Hall–Kier alpha value is -3.38. The standard InChI is InChI=1S/C29H37N3O3/c1-4-24-14-16-26(17-15-24)29(34)31(19-10-20-35-5-2)23-28(33)32(21-25-11-7-6-8-12-25)22-27-13-9-18-30(27)3/h6-9,11-18H,4-5,10,19-23H2,1-3H3. The van der Waals surface area contributed by atoms with Gasteiger partial charge in [0.25, 0.3) is 5.91 Å². The van der Waals surface area contributed by atoms with Crippen molar-refractivity contribution < 1.29 is 14.3 Å². The van der Waals surface area contributed by atoms with Gasteiger partial charge < -0.3 is 19.1 Å². The molecule has 0 atom stereocenters. The van der Waals surface area contributed by atoms with Gasteiger partial charge in [0.2, 0.25) is 5.91 Å². The minimum atomic E-state index is -0.129. The quantitative estimate of drug-likeness (QED) is 0.337. The number of carbonyl (C=O) groups is 2. The Balaban J connectivity index is 1.79. The summed E-state index contributed by atoms with van der Waals surface area (Å²) in [5.74, 6) is -0.207. The van der Waals surface area contributed by atoms with E-state index in [0.717, 1.165) is 17.7 Å². The summed E-state index contributed by atoms with van der Waals surface area (Å²) in [6.45, 7) is 6.67. The average Bonchev–Trinajstić information content (AvgIpc) is 3.29. The number of nitrogens with zero attached hydrogens (tertiary/aromatic N) is 3. The summed E-state index contributed by atoms with van der Waals surface area (Å²) in [4.78, 5) is 30.5. The molecule has 2 amide bonds. The largest absolute Gasteiger partial charge is 0.382 e. The summed E-state index contributed by atoms with van der Waals surface area (Å²) in [6, 6.07) is 21.6. The highest BCUT2D eigenvalue weighted by Gasteiger charge is 2.23. The van der Waals surface area contributed by atoms with Gasteiger partial charge >= 0.3 is 0 Å². The van der Waals surface area contributed by atoms with E-state index in [2.05, 4.69) is 6.92 Å². The van der Waals surface area contributed by atoms with Crippen molar-refractivity contribution in [1.29, 1.82) is 0 Å². The normalized spacial score (nSPS) is 10.8. The molecule has 0 bridgehead atoms. The van der Waals surface area contributed by atoms with Crippen molar-refractivity contribution in [3.63, 3.8) is 0 Å². The van der Waals surface area contributed by atoms with E-state index < -0.39 is 0 Å². The number of hydrogen-bond acceptors (Lipinski definition) is 3. The smallest absolute Gasteiger partial charge is 0.254 e. The predicted octanol–water partition coefficient (Wildman–Crippen LogP) is 4.69. The summed E-state index contributed by atoms with van der Waals surface area (Å²) in [5, 5.41) is 0. The van der Waals surface area contributed by atoms with Crippen molar-refractivity contribution in [2.24, 2.45) is 7.05 Å². The fourth-order valence-electron chi connectivity index (χ4n) is 3.98. The van der Waals surface area contributed by atoms with Crippen molar-refractivity contribution >= 4 is 11.8 Å². The molecule has 35 heavy (non-hydrogen) atoms. The Bertz CT molecular complexity index is 1060. The van der Waals surface area contributed by atoms with Crippen LogP contribution in [-0.4, -0.2) is 52.5 Å². The van der Waals surface area contributed by atoms with Gasteiger partial charge in [-0.3, -0.25) is 9.59 Å². The number of hydrogen-bond donors (Lipinski definition) is 0. The third-order valence-corrected chi connectivity index (χ3v) is 6.12. The lowest BCUT2D eigenvalue weighted by atomic mass is 10.1. The van der Waals surface area contributed by atoms with Gasteiger partial charge in [-0.1, -0.05) is 49.4 Å². The summed E-state index contributed by atoms with van der Waals surface area (Å²) in [6.07, 6.45) is 3.57.